The number of aryl methyl sites for hydroxylation is 4. The first-order chi connectivity index (χ1) is 33.7. The lowest BCUT2D eigenvalue weighted by Crippen LogP contribution is -2.15. The van der Waals surface area contributed by atoms with Crippen molar-refractivity contribution in [1.82, 2.24) is 29.3 Å². The van der Waals surface area contributed by atoms with Gasteiger partial charge in [-0.3, -0.25) is 28.4 Å². The molecule has 6 fully saturated rings. The van der Waals surface area contributed by atoms with E-state index >= 15 is 0 Å². The van der Waals surface area contributed by atoms with Gasteiger partial charge in [0.1, 0.15) is 5.69 Å². The van der Waals surface area contributed by atoms with Crippen molar-refractivity contribution >= 4 is 34.8 Å². The molecule has 6 aromatic rings. The number of rotatable bonds is 14. The van der Waals surface area contributed by atoms with Crippen molar-refractivity contribution in [1.29, 1.82) is 0 Å². The van der Waals surface area contributed by atoms with Gasteiger partial charge in [0, 0.05) is 50.6 Å². The van der Waals surface area contributed by atoms with Crippen LogP contribution in [0.5, 0.6) is 0 Å². The highest BCUT2D eigenvalue weighted by molar-refractivity contribution is 6.07. The molecule has 0 bridgehead atoms. The zero-order valence-electron chi connectivity index (χ0n) is 41.0. The van der Waals surface area contributed by atoms with Gasteiger partial charge in [-0.2, -0.15) is 15.3 Å². The van der Waals surface area contributed by atoms with Gasteiger partial charge < -0.3 is 16.0 Å². The fraction of sp³-hybridized carbons (Fsp3) is 0.464. The average Bonchev–Trinajstić information content (AvgIpc) is 4.10. The molecule has 6 atom stereocenters. The standard InChI is InChI=1S/C20H25N3O.C18H19F2N3O.C18H21N3O/c1-12(2)19-17(11-23(3)22-19)20(24)21-18-7-5-4-6-14(18)16-10-15(16)13-8-9-13;1-23-16(17(19)20)14(9-21-23)18(24)22-15-5-3-2-4-11(15)13-8-12(13)10-6-7-10;1-11-16(10-21(2)20-11)18(22)19-17-6-4-3-5-13(17)15-9-14(15)12-7-8-12/h4-7,11-13,15-16H,8-10H2,1-3H3,(H,21,24);2-5,9-10,12-13,17H,6-8H2,1H3,(H,22,24);3-6,10,12,14-15H,7-9H2,1-2H3,(H,19,22). The van der Waals surface area contributed by atoms with Gasteiger partial charge >= 0.3 is 0 Å². The molecule has 3 heterocycles. The van der Waals surface area contributed by atoms with Crippen LogP contribution in [0, 0.1) is 42.4 Å². The minimum absolute atomic E-state index is 0.0529. The van der Waals surface area contributed by atoms with E-state index in [9.17, 15) is 23.2 Å². The predicted molar refractivity (Wildman–Crippen MR) is 267 cm³/mol. The molecule has 0 spiro atoms. The Morgan fingerprint density at radius 2 is 0.957 bits per heavy atom. The molecule has 3 aromatic heterocycles. The van der Waals surface area contributed by atoms with E-state index in [0.29, 0.717) is 28.9 Å². The SMILES string of the molecule is CC(C)c1nn(C)cc1C(=O)Nc1ccccc1C1CC1C1CC1.Cc1nn(C)cc1C(=O)Nc1ccccc1C1CC1C1CC1.Cn1ncc(C(=O)Nc2ccccc2C2CC2C2CC2)c1C(F)F. The summed E-state index contributed by atoms with van der Waals surface area (Å²) in [5.74, 6) is 6.44. The molecule has 6 aliphatic carbocycles. The first-order valence-electron chi connectivity index (χ1n) is 25.3. The number of carbonyl (C=O) groups excluding carboxylic acids is 3. The normalized spacial score (nSPS) is 22.9. The van der Waals surface area contributed by atoms with Crippen molar-refractivity contribution in [3.63, 3.8) is 0 Å². The zero-order valence-corrected chi connectivity index (χ0v) is 41.0. The molecule has 3 aromatic carbocycles. The second kappa shape index (κ2) is 19.4. The van der Waals surface area contributed by atoms with E-state index in [4.69, 9.17) is 0 Å². The summed E-state index contributed by atoms with van der Waals surface area (Å²) in [5.41, 5.74) is 8.89. The lowest BCUT2D eigenvalue weighted by molar-refractivity contribution is 0.100. The van der Waals surface area contributed by atoms with Crippen molar-refractivity contribution < 1.29 is 23.2 Å². The summed E-state index contributed by atoms with van der Waals surface area (Å²) in [7, 11) is 5.11. The van der Waals surface area contributed by atoms with Crippen LogP contribution >= 0.6 is 0 Å². The first-order valence-corrected chi connectivity index (χ1v) is 25.3. The molecule has 6 saturated carbocycles. The van der Waals surface area contributed by atoms with Crippen LogP contribution in [0.25, 0.3) is 0 Å². The quantitative estimate of drug-likeness (QED) is 0.0993. The molecule has 12 nitrogen and oxygen atoms in total. The molecule has 366 valence electrons. The van der Waals surface area contributed by atoms with E-state index in [1.54, 1.807) is 15.6 Å². The Morgan fingerprint density at radius 3 is 1.34 bits per heavy atom. The van der Waals surface area contributed by atoms with Crippen LogP contribution in [0.4, 0.5) is 25.8 Å². The number of nitrogens with one attached hydrogen (secondary N) is 3. The highest BCUT2D eigenvalue weighted by Crippen LogP contribution is 2.62. The summed E-state index contributed by atoms with van der Waals surface area (Å²) in [6, 6.07) is 24.2. The second-order valence-electron chi connectivity index (χ2n) is 21.1. The molecule has 0 radical (unpaired) electrons. The molecule has 70 heavy (non-hydrogen) atoms. The Morgan fingerprint density at radius 1 is 0.571 bits per heavy atom. The van der Waals surface area contributed by atoms with E-state index in [-0.39, 0.29) is 29.0 Å². The van der Waals surface area contributed by atoms with Gasteiger partial charge in [0.25, 0.3) is 24.1 Å². The summed E-state index contributed by atoms with van der Waals surface area (Å²) in [6.45, 7) is 6.00. The Hall–Kier alpha value is -6.44. The third kappa shape index (κ3) is 10.5. The number of aromatic nitrogens is 6. The minimum atomic E-state index is -2.74. The molecule has 6 aliphatic rings. The Labute approximate surface area is 409 Å². The van der Waals surface area contributed by atoms with Gasteiger partial charge in [0.15, 0.2) is 0 Å². The molecular formula is C56H65F2N9O3. The van der Waals surface area contributed by atoms with Crippen LogP contribution in [0.2, 0.25) is 0 Å². The Bertz CT molecular complexity index is 2820. The summed E-state index contributed by atoms with van der Waals surface area (Å²) >= 11 is 0. The summed E-state index contributed by atoms with van der Waals surface area (Å²) < 4.78 is 30.7. The van der Waals surface area contributed by atoms with Crippen LogP contribution in [-0.2, 0) is 21.1 Å². The number of anilines is 3. The van der Waals surface area contributed by atoms with Gasteiger partial charge in [-0.05, 0) is 159 Å². The monoisotopic (exact) mass is 950 g/mol. The van der Waals surface area contributed by atoms with Crippen molar-refractivity contribution in [2.24, 2.45) is 56.7 Å². The molecular weight excluding hydrogens is 885 g/mol. The van der Waals surface area contributed by atoms with E-state index in [0.717, 1.165) is 80.6 Å². The average molecular weight is 950 g/mol. The van der Waals surface area contributed by atoms with Gasteiger partial charge in [0.05, 0.1) is 34.3 Å². The number of nitrogens with zero attached hydrogens (tertiary/aromatic N) is 6. The number of amides is 3. The molecule has 14 heteroatoms. The van der Waals surface area contributed by atoms with Crippen LogP contribution in [0.15, 0.2) is 91.4 Å². The highest BCUT2D eigenvalue weighted by Gasteiger charge is 2.50. The number of hydrogen-bond donors (Lipinski definition) is 3. The van der Waals surface area contributed by atoms with Crippen LogP contribution in [0.3, 0.4) is 0 Å². The van der Waals surface area contributed by atoms with Gasteiger partial charge in [0.2, 0.25) is 0 Å². The maximum atomic E-state index is 13.1. The third-order valence-corrected chi connectivity index (χ3v) is 15.4. The summed E-state index contributed by atoms with van der Waals surface area (Å²) in [5, 5.41) is 21.5. The lowest BCUT2D eigenvalue weighted by Gasteiger charge is -2.12. The molecule has 0 saturated heterocycles. The van der Waals surface area contributed by atoms with Crippen LogP contribution in [-0.4, -0.2) is 47.1 Å². The van der Waals surface area contributed by atoms with Crippen molar-refractivity contribution in [2.75, 3.05) is 16.0 Å². The lowest BCUT2D eigenvalue weighted by atomic mass is 10.0. The fourth-order valence-electron chi connectivity index (χ4n) is 11.0. The summed E-state index contributed by atoms with van der Waals surface area (Å²) in [4.78, 5) is 37.8. The molecule has 3 N–H and O–H groups in total. The van der Waals surface area contributed by atoms with E-state index in [2.05, 4.69) is 69.4 Å². The second-order valence-corrected chi connectivity index (χ2v) is 21.1. The molecule has 12 rings (SSSR count). The van der Waals surface area contributed by atoms with Crippen molar-refractivity contribution in [3.8, 4) is 0 Å². The number of benzene rings is 3. The number of alkyl halides is 2. The number of carbonyl (C=O) groups is 3. The Kier molecular flexibility index (Phi) is 13.1. The maximum absolute atomic E-state index is 13.1. The smallest absolute Gasteiger partial charge is 0.280 e. The van der Waals surface area contributed by atoms with Crippen LogP contribution in [0.1, 0.15) is 167 Å². The Balaban J connectivity index is 0.000000122. The number of halogens is 2. The predicted octanol–water partition coefficient (Wildman–Crippen LogP) is 11.9. The third-order valence-electron chi connectivity index (χ3n) is 15.4. The fourth-order valence-corrected chi connectivity index (χ4v) is 11.0. The number of hydrogen-bond acceptors (Lipinski definition) is 6. The number of para-hydroxylation sites is 3. The topological polar surface area (TPSA) is 141 Å². The minimum Gasteiger partial charge on any atom is -0.322 e. The van der Waals surface area contributed by atoms with Crippen molar-refractivity contribution in [3.05, 3.63) is 142 Å². The summed E-state index contributed by atoms with van der Waals surface area (Å²) in [6.07, 6.45) is 14.0. The largest absolute Gasteiger partial charge is 0.322 e. The van der Waals surface area contributed by atoms with Gasteiger partial charge in [-0.1, -0.05) is 68.4 Å². The van der Waals surface area contributed by atoms with E-state index < -0.39 is 12.3 Å². The van der Waals surface area contributed by atoms with Crippen molar-refractivity contribution in [2.45, 2.75) is 109 Å². The molecule has 6 unspecified atom stereocenters. The van der Waals surface area contributed by atoms with E-state index in [1.807, 2.05) is 75.7 Å². The van der Waals surface area contributed by atoms with Gasteiger partial charge in [-0.15, -0.1) is 0 Å². The maximum Gasteiger partial charge on any atom is 0.280 e. The highest BCUT2D eigenvalue weighted by atomic mass is 19.3. The first kappa shape index (κ1) is 47.2. The van der Waals surface area contributed by atoms with Crippen LogP contribution < -0.4 is 16.0 Å². The molecule has 3 amide bonds. The van der Waals surface area contributed by atoms with Gasteiger partial charge in [-0.25, -0.2) is 8.78 Å². The zero-order chi connectivity index (χ0) is 49.0. The van der Waals surface area contributed by atoms with E-state index in [1.165, 1.54) is 75.7 Å². The molecule has 0 aliphatic heterocycles.